The molecule has 0 amide bonds. The normalized spacial score (nSPS) is 24.3. The Kier molecular flexibility index (Phi) is 6.13. The SMILES string of the molecule is CCN(Cc1ncccc1C)C1CCOC2(CCN(C(C)C)CC2)C1. The molecule has 1 unspecified atom stereocenters. The zero-order valence-corrected chi connectivity index (χ0v) is 16.5. The van der Waals surface area contributed by atoms with Crippen LogP contribution >= 0.6 is 0 Å². The maximum Gasteiger partial charge on any atom is 0.0721 e. The van der Waals surface area contributed by atoms with E-state index in [2.05, 4.69) is 48.5 Å². The summed E-state index contributed by atoms with van der Waals surface area (Å²) in [5.74, 6) is 0. The number of aryl methyl sites for hydroxylation is 1. The number of hydrogen-bond donors (Lipinski definition) is 0. The van der Waals surface area contributed by atoms with Crippen LogP contribution in [0.3, 0.4) is 0 Å². The van der Waals surface area contributed by atoms with Gasteiger partial charge in [-0.2, -0.15) is 0 Å². The third kappa shape index (κ3) is 4.42. The van der Waals surface area contributed by atoms with Crippen LogP contribution in [0.4, 0.5) is 0 Å². The van der Waals surface area contributed by atoms with Gasteiger partial charge in [-0.05, 0) is 64.6 Å². The number of nitrogens with zero attached hydrogens (tertiary/aromatic N) is 3. The highest BCUT2D eigenvalue weighted by Crippen LogP contribution is 2.37. The molecule has 2 aliphatic rings. The molecule has 4 nitrogen and oxygen atoms in total. The molecular formula is C21H35N3O. The monoisotopic (exact) mass is 345 g/mol. The summed E-state index contributed by atoms with van der Waals surface area (Å²) < 4.78 is 6.36. The second-order valence-electron chi connectivity index (χ2n) is 8.14. The predicted molar refractivity (Wildman–Crippen MR) is 103 cm³/mol. The molecule has 3 heterocycles. The number of ether oxygens (including phenoxy) is 1. The molecule has 4 heteroatoms. The van der Waals surface area contributed by atoms with Gasteiger partial charge in [0.05, 0.1) is 11.3 Å². The molecular weight excluding hydrogens is 310 g/mol. The van der Waals surface area contributed by atoms with Gasteiger partial charge in [-0.1, -0.05) is 13.0 Å². The lowest BCUT2D eigenvalue weighted by Gasteiger charge is -2.49. The Bertz CT molecular complexity index is 552. The van der Waals surface area contributed by atoms with Crippen molar-refractivity contribution in [1.82, 2.24) is 14.8 Å². The average Bonchev–Trinajstić information content (AvgIpc) is 2.61. The van der Waals surface area contributed by atoms with Gasteiger partial charge in [0.25, 0.3) is 0 Å². The van der Waals surface area contributed by atoms with Crippen LogP contribution < -0.4 is 0 Å². The van der Waals surface area contributed by atoms with Crippen LogP contribution in [0.1, 0.15) is 57.7 Å². The standard InChI is InChI=1S/C21H35N3O/c1-5-23(16-20-18(4)7-6-11-22-20)19-8-14-25-21(15-19)9-12-24(13-10-21)17(2)3/h6-7,11,17,19H,5,8-10,12-16H2,1-4H3. The molecule has 0 N–H and O–H groups in total. The maximum absolute atomic E-state index is 6.36. The van der Waals surface area contributed by atoms with Crippen LogP contribution in [0.15, 0.2) is 18.3 Å². The van der Waals surface area contributed by atoms with Crippen LogP contribution in [-0.4, -0.2) is 58.7 Å². The first kappa shape index (κ1) is 18.8. The first-order valence-electron chi connectivity index (χ1n) is 10.1. The summed E-state index contributed by atoms with van der Waals surface area (Å²) in [6, 6.07) is 5.46. The van der Waals surface area contributed by atoms with E-state index in [0.29, 0.717) is 12.1 Å². The van der Waals surface area contributed by atoms with E-state index in [-0.39, 0.29) is 5.60 Å². The molecule has 0 saturated carbocycles. The quantitative estimate of drug-likeness (QED) is 0.815. The number of piperidine rings is 1. The second kappa shape index (κ2) is 8.15. The minimum atomic E-state index is 0.112. The van der Waals surface area contributed by atoms with Crippen molar-refractivity contribution in [1.29, 1.82) is 0 Å². The maximum atomic E-state index is 6.36. The molecule has 0 aliphatic carbocycles. The van der Waals surface area contributed by atoms with E-state index >= 15 is 0 Å². The van der Waals surface area contributed by atoms with Gasteiger partial charge in [0.1, 0.15) is 0 Å². The van der Waals surface area contributed by atoms with Gasteiger partial charge in [-0.15, -0.1) is 0 Å². The van der Waals surface area contributed by atoms with Crippen molar-refractivity contribution in [3.8, 4) is 0 Å². The molecule has 140 valence electrons. The fourth-order valence-corrected chi connectivity index (χ4v) is 4.49. The van der Waals surface area contributed by atoms with Gasteiger partial charge in [0.15, 0.2) is 0 Å². The molecule has 0 aromatic carbocycles. The first-order chi connectivity index (χ1) is 12.0. The van der Waals surface area contributed by atoms with Crippen LogP contribution in [0.2, 0.25) is 0 Å². The molecule has 0 bridgehead atoms. The van der Waals surface area contributed by atoms with Crippen LogP contribution in [-0.2, 0) is 11.3 Å². The summed E-state index contributed by atoms with van der Waals surface area (Å²) >= 11 is 0. The van der Waals surface area contributed by atoms with Gasteiger partial charge in [-0.3, -0.25) is 9.88 Å². The van der Waals surface area contributed by atoms with Gasteiger partial charge >= 0.3 is 0 Å². The predicted octanol–water partition coefficient (Wildman–Crippen LogP) is 3.63. The van der Waals surface area contributed by atoms with Crippen LogP contribution in [0, 0.1) is 6.92 Å². The van der Waals surface area contributed by atoms with Gasteiger partial charge < -0.3 is 9.64 Å². The number of likely N-dealkylation sites (tertiary alicyclic amines) is 1. The van der Waals surface area contributed by atoms with Crippen molar-refractivity contribution in [2.24, 2.45) is 0 Å². The summed E-state index contributed by atoms with van der Waals surface area (Å²) in [5, 5.41) is 0. The van der Waals surface area contributed by atoms with Crippen molar-refractivity contribution in [2.45, 2.75) is 77.6 Å². The molecule has 25 heavy (non-hydrogen) atoms. The Labute approximate surface area is 153 Å². The van der Waals surface area contributed by atoms with Crippen molar-refractivity contribution in [3.05, 3.63) is 29.6 Å². The molecule has 2 aliphatic heterocycles. The van der Waals surface area contributed by atoms with Gasteiger partial charge in [0, 0.05) is 44.5 Å². The van der Waals surface area contributed by atoms with Gasteiger partial charge in [-0.25, -0.2) is 0 Å². The Morgan fingerprint density at radius 2 is 2.12 bits per heavy atom. The second-order valence-corrected chi connectivity index (χ2v) is 8.14. The van der Waals surface area contributed by atoms with E-state index in [4.69, 9.17) is 4.74 Å². The Balaban J connectivity index is 1.64. The fourth-order valence-electron chi connectivity index (χ4n) is 4.49. The average molecular weight is 346 g/mol. The van der Waals surface area contributed by atoms with Crippen molar-refractivity contribution >= 4 is 0 Å². The Hall–Kier alpha value is -0.970. The smallest absolute Gasteiger partial charge is 0.0721 e. The highest BCUT2D eigenvalue weighted by Gasteiger charge is 2.41. The lowest BCUT2D eigenvalue weighted by atomic mass is 9.81. The molecule has 3 rings (SSSR count). The van der Waals surface area contributed by atoms with Crippen molar-refractivity contribution in [2.75, 3.05) is 26.2 Å². The molecule has 0 radical (unpaired) electrons. The summed E-state index contributed by atoms with van der Waals surface area (Å²) in [6.45, 7) is 14.4. The Morgan fingerprint density at radius 1 is 1.36 bits per heavy atom. The summed E-state index contributed by atoms with van der Waals surface area (Å²) in [6.07, 6.45) is 6.61. The third-order valence-corrected chi connectivity index (χ3v) is 6.30. The number of hydrogen-bond acceptors (Lipinski definition) is 4. The van der Waals surface area contributed by atoms with Gasteiger partial charge in [0.2, 0.25) is 0 Å². The highest BCUT2D eigenvalue weighted by atomic mass is 16.5. The van der Waals surface area contributed by atoms with Crippen LogP contribution in [0.25, 0.3) is 0 Å². The molecule has 2 fully saturated rings. The van der Waals surface area contributed by atoms with Crippen molar-refractivity contribution < 1.29 is 4.74 Å². The van der Waals surface area contributed by atoms with E-state index in [1.165, 1.54) is 43.6 Å². The fraction of sp³-hybridized carbons (Fsp3) is 0.762. The topological polar surface area (TPSA) is 28.6 Å². The third-order valence-electron chi connectivity index (χ3n) is 6.30. The van der Waals surface area contributed by atoms with E-state index in [1.807, 2.05) is 12.3 Å². The molecule has 1 spiro atoms. The molecule has 1 aromatic heterocycles. The first-order valence-corrected chi connectivity index (χ1v) is 10.1. The lowest BCUT2D eigenvalue weighted by Crippen LogP contribution is -2.54. The number of aromatic nitrogens is 1. The summed E-state index contributed by atoms with van der Waals surface area (Å²) in [4.78, 5) is 9.82. The molecule has 1 atom stereocenters. The zero-order valence-electron chi connectivity index (χ0n) is 16.5. The van der Waals surface area contributed by atoms with Crippen LogP contribution in [0.5, 0.6) is 0 Å². The lowest BCUT2D eigenvalue weighted by molar-refractivity contribution is -0.136. The van der Waals surface area contributed by atoms with E-state index in [1.54, 1.807) is 0 Å². The number of pyridine rings is 1. The van der Waals surface area contributed by atoms with E-state index in [0.717, 1.165) is 26.1 Å². The Morgan fingerprint density at radius 3 is 2.76 bits per heavy atom. The largest absolute Gasteiger partial charge is 0.375 e. The summed E-state index contributed by atoms with van der Waals surface area (Å²) in [7, 11) is 0. The zero-order chi connectivity index (χ0) is 17.9. The molecule has 1 aromatic rings. The minimum Gasteiger partial charge on any atom is -0.375 e. The minimum absolute atomic E-state index is 0.112. The molecule has 2 saturated heterocycles. The summed E-state index contributed by atoms with van der Waals surface area (Å²) in [5.41, 5.74) is 2.63. The van der Waals surface area contributed by atoms with E-state index in [9.17, 15) is 0 Å². The highest BCUT2D eigenvalue weighted by molar-refractivity contribution is 5.17. The number of rotatable bonds is 5. The van der Waals surface area contributed by atoms with Crippen molar-refractivity contribution in [3.63, 3.8) is 0 Å². The van der Waals surface area contributed by atoms with E-state index < -0.39 is 0 Å².